The summed E-state index contributed by atoms with van der Waals surface area (Å²) in [4.78, 5) is 0. The van der Waals surface area contributed by atoms with E-state index in [1.807, 2.05) is 24.0 Å². The van der Waals surface area contributed by atoms with E-state index in [9.17, 15) is 0 Å². The monoisotopic (exact) mass is 241 g/mol. The molecule has 0 radical (unpaired) electrons. The number of hydrogen-bond acceptors (Lipinski definition) is 5. The van der Waals surface area contributed by atoms with Crippen molar-refractivity contribution < 1.29 is 0 Å². The van der Waals surface area contributed by atoms with Gasteiger partial charge < -0.3 is 5.32 Å². The SMILES string of the molecule is Cc1cnn(CCNc2n[nH]c(=S)s2)c1. The number of aromatic nitrogens is 4. The molecule has 2 N–H and O–H groups in total. The third kappa shape index (κ3) is 2.87. The fourth-order valence-corrected chi connectivity index (χ4v) is 1.99. The topological polar surface area (TPSA) is 58.5 Å². The van der Waals surface area contributed by atoms with E-state index in [2.05, 4.69) is 20.6 Å². The summed E-state index contributed by atoms with van der Waals surface area (Å²) in [6.07, 6.45) is 3.85. The Labute approximate surface area is 96.1 Å². The maximum absolute atomic E-state index is 4.92. The van der Waals surface area contributed by atoms with Crippen LogP contribution in [0.15, 0.2) is 12.4 Å². The molecule has 0 aliphatic carbocycles. The highest BCUT2D eigenvalue weighted by Gasteiger charge is 1.97. The first-order valence-electron chi connectivity index (χ1n) is 4.52. The van der Waals surface area contributed by atoms with Crippen LogP contribution in [0.4, 0.5) is 5.13 Å². The summed E-state index contributed by atoms with van der Waals surface area (Å²) in [6.45, 7) is 3.63. The Morgan fingerprint density at radius 2 is 2.53 bits per heavy atom. The zero-order valence-electron chi connectivity index (χ0n) is 8.23. The highest BCUT2D eigenvalue weighted by atomic mass is 32.1. The van der Waals surface area contributed by atoms with E-state index in [0.717, 1.165) is 18.2 Å². The average molecular weight is 241 g/mol. The maximum Gasteiger partial charge on any atom is 0.204 e. The molecule has 0 saturated heterocycles. The summed E-state index contributed by atoms with van der Waals surface area (Å²) < 4.78 is 2.58. The van der Waals surface area contributed by atoms with Gasteiger partial charge in [0.05, 0.1) is 12.7 Å². The molecule has 2 heterocycles. The van der Waals surface area contributed by atoms with Crippen molar-refractivity contribution >= 4 is 28.7 Å². The van der Waals surface area contributed by atoms with Gasteiger partial charge in [0.2, 0.25) is 5.13 Å². The van der Waals surface area contributed by atoms with Gasteiger partial charge >= 0.3 is 0 Å². The summed E-state index contributed by atoms with van der Waals surface area (Å²) in [7, 11) is 0. The number of hydrogen-bond donors (Lipinski definition) is 2. The normalized spacial score (nSPS) is 10.5. The number of nitrogens with zero attached hydrogens (tertiary/aromatic N) is 3. The first kappa shape index (κ1) is 10.3. The van der Waals surface area contributed by atoms with Gasteiger partial charge in [-0.2, -0.15) is 5.10 Å². The van der Waals surface area contributed by atoms with Crippen LogP contribution in [0.25, 0.3) is 0 Å². The molecule has 0 fully saturated rings. The predicted molar refractivity (Wildman–Crippen MR) is 62.8 cm³/mol. The first-order chi connectivity index (χ1) is 7.24. The fraction of sp³-hybridized carbons (Fsp3) is 0.375. The van der Waals surface area contributed by atoms with E-state index in [1.54, 1.807) is 0 Å². The van der Waals surface area contributed by atoms with E-state index in [0.29, 0.717) is 3.95 Å². The minimum absolute atomic E-state index is 0.687. The zero-order valence-corrected chi connectivity index (χ0v) is 9.86. The lowest BCUT2D eigenvalue weighted by molar-refractivity contribution is 0.637. The van der Waals surface area contributed by atoms with Crippen molar-refractivity contribution in [3.05, 3.63) is 21.9 Å². The van der Waals surface area contributed by atoms with E-state index >= 15 is 0 Å². The van der Waals surface area contributed by atoms with Crippen molar-refractivity contribution in [1.82, 2.24) is 20.0 Å². The molecule has 0 saturated carbocycles. The summed E-state index contributed by atoms with van der Waals surface area (Å²) >= 11 is 6.36. The van der Waals surface area contributed by atoms with E-state index < -0.39 is 0 Å². The summed E-state index contributed by atoms with van der Waals surface area (Å²) in [6, 6.07) is 0. The molecule has 5 nitrogen and oxygen atoms in total. The Morgan fingerprint density at radius 1 is 1.67 bits per heavy atom. The van der Waals surface area contributed by atoms with Crippen LogP contribution >= 0.6 is 23.6 Å². The van der Waals surface area contributed by atoms with Gasteiger partial charge in [0, 0.05) is 12.7 Å². The molecule has 2 aromatic heterocycles. The molecule has 0 aliphatic heterocycles. The van der Waals surface area contributed by atoms with Gasteiger partial charge in [-0.05, 0) is 24.7 Å². The molecule has 80 valence electrons. The third-order valence-corrected chi connectivity index (χ3v) is 2.86. The molecule has 0 aliphatic rings. The molecule has 0 bridgehead atoms. The largest absolute Gasteiger partial charge is 0.358 e. The van der Waals surface area contributed by atoms with Crippen molar-refractivity contribution in [3.63, 3.8) is 0 Å². The van der Waals surface area contributed by atoms with Gasteiger partial charge in [-0.15, -0.1) is 5.10 Å². The lowest BCUT2D eigenvalue weighted by atomic mass is 10.4. The van der Waals surface area contributed by atoms with E-state index in [-0.39, 0.29) is 0 Å². The molecular formula is C8H11N5S2. The number of rotatable bonds is 4. The predicted octanol–water partition coefficient (Wildman–Crippen LogP) is 1.82. The molecule has 0 aromatic carbocycles. The minimum atomic E-state index is 0.687. The summed E-state index contributed by atoms with van der Waals surface area (Å²) in [5.74, 6) is 0. The molecule has 0 spiro atoms. The van der Waals surface area contributed by atoms with Gasteiger partial charge in [-0.25, -0.2) is 0 Å². The second kappa shape index (κ2) is 4.54. The Kier molecular flexibility index (Phi) is 3.12. The quantitative estimate of drug-likeness (QED) is 0.802. The summed E-state index contributed by atoms with van der Waals surface area (Å²) in [5.41, 5.74) is 1.17. The van der Waals surface area contributed by atoms with Crippen molar-refractivity contribution in [2.75, 3.05) is 11.9 Å². The Morgan fingerprint density at radius 3 is 3.13 bits per heavy atom. The van der Waals surface area contributed by atoms with E-state index in [4.69, 9.17) is 12.2 Å². The van der Waals surface area contributed by atoms with Crippen molar-refractivity contribution in [3.8, 4) is 0 Å². The van der Waals surface area contributed by atoms with Crippen LogP contribution in [-0.4, -0.2) is 26.5 Å². The van der Waals surface area contributed by atoms with Crippen LogP contribution in [0.2, 0.25) is 0 Å². The van der Waals surface area contributed by atoms with Crippen LogP contribution in [0.1, 0.15) is 5.56 Å². The average Bonchev–Trinajstić information content (AvgIpc) is 2.76. The van der Waals surface area contributed by atoms with Crippen LogP contribution < -0.4 is 5.32 Å². The number of aromatic amines is 1. The number of H-pyrrole nitrogens is 1. The standard InChI is InChI=1S/C8H11N5S2/c1-6-4-10-13(5-6)3-2-9-7-11-12-8(14)15-7/h4-5H,2-3H2,1H3,(H,9,11)(H,12,14). The van der Waals surface area contributed by atoms with Gasteiger partial charge in [-0.1, -0.05) is 11.3 Å². The lowest BCUT2D eigenvalue weighted by Crippen LogP contribution is -2.10. The molecule has 2 aromatic rings. The summed E-state index contributed by atoms with van der Waals surface area (Å²) in [5, 5.41) is 14.9. The lowest BCUT2D eigenvalue weighted by Gasteiger charge is -2.01. The Balaban J connectivity index is 1.82. The van der Waals surface area contributed by atoms with Crippen molar-refractivity contribution in [1.29, 1.82) is 0 Å². The zero-order chi connectivity index (χ0) is 10.7. The van der Waals surface area contributed by atoms with Crippen molar-refractivity contribution in [2.24, 2.45) is 0 Å². The second-order valence-corrected chi connectivity index (χ2v) is 4.79. The highest BCUT2D eigenvalue weighted by molar-refractivity contribution is 7.73. The van der Waals surface area contributed by atoms with Crippen LogP contribution in [0, 0.1) is 10.9 Å². The first-order valence-corrected chi connectivity index (χ1v) is 5.75. The number of nitrogens with one attached hydrogen (secondary N) is 2. The maximum atomic E-state index is 4.92. The van der Waals surface area contributed by atoms with Crippen LogP contribution in [0.3, 0.4) is 0 Å². The van der Waals surface area contributed by atoms with Gasteiger partial charge in [-0.3, -0.25) is 9.78 Å². The third-order valence-electron chi connectivity index (χ3n) is 1.82. The number of aryl methyl sites for hydroxylation is 1. The molecule has 0 unspecified atom stereocenters. The molecule has 7 heteroatoms. The van der Waals surface area contributed by atoms with Crippen LogP contribution in [-0.2, 0) is 6.54 Å². The number of anilines is 1. The Bertz CT molecular complexity index is 483. The minimum Gasteiger partial charge on any atom is -0.358 e. The van der Waals surface area contributed by atoms with Gasteiger partial charge in [0.15, 0.2) is 3.95 Å². The molecule has 2 rings (SSSR count). The van der Waals surface area contributed by atoms with Crippen LogP contribution in [0.5, 0.6) is 0 Å². The Hall–Kier alpha value is -1.21. The van der Waals surface area contributed by atoms with Crippen molar-refractivity contribution in [2.45, 2.75) is 13.5 Å². The molecule has 0 amide bonds. The van der Waals surface area contributed by atoms with E-state index in [1.165, 1.54) is 16.9 Å². The molecule has 0 atom stereocenters. The van der Waals surface area contributed by atoms with Gasteiger partial charge in [0.25, 0.3) is 0 Å². The fourth-order valence-electron chi connectivity index (χ4n) is 1.17. The molecular weight excluding hydrogens is 230 g/mol. The smallest absolute Gasteiger partial charge is 0.204 e. The van der Waals surface area contributed by atoms with Gasteiger partial charge in [0.1, 0.15) is 0 Å². The molecule has 15 heavy (non-hydrogen) atoms. The highest BCUT2D eigenvalue weighted by Crippen LogP contribution is 2.09. The second-order valence-electron chi connectivity index (χ2n) is 3.13.